The predicted molar refractivity (Wildman–Crippen MR) is 92.9 cm³/mol. The Balaban J connectivity index is 2.08. The lowest BCUT2D eigenvalue weighted by molar-refractivity contribution is -0.122. The monoisotopic (exact) mass is 315 g/mol. The fraction of sp³-hybridized carbons (Fsp3) is 0.278. The molecule has 1 N–H and O–H groups in total. The van der Waals surface area contributed by atoms with Crippen molar-refractivity contribution in [2.75, 3.05) is 11.6 Å². The highest BCUT2D eigenvalue weighted by atomic mass is 32.2. The van der Waals surface area contributed by atoms with Crippen molar-refractivity contribution in [1.29, 1.82) is 0 Å². The average molecular weight is 315 g/mol. The summed E-state index contributed by atoms with van der Waals surface area (Å²) in [7, 11) is 0. The molecule has 2 aromatic rings. The van der Waals surface area contributed by atoms with Gasteiger partial charge in [-0.25, -0.2) is 0 Å². The van der Waals surface area contributed by atoms with Gasteiger partial charge in [-0.15, -0.1) is 11.8 Å². The summed E-state index contributed by atoms with van der Waals surface area (Å²) in [6.07, 6.45) is 1.43. The van der Waals surface area contributed by atoms with Crippen LogP contribution in [0.15, 0.2) is 47.4 Å². The minimum Gasteiger partial charge on any atom is -0.481 e. The van der Waals surface area contributed by atoms with Gasteiger partial charge >= 0.3 is 0 Å². The second-order valence-corrected chi connectivity index (χ2v) is 6.00. The molecule has 0 aliphatic rings. The van der Waals surface area contributed by atoms with Gasteiger partial charge in [0.2, 0.25) is 0 Å². The van der Waals surface area contributed by atoms with E-state index in [2.05, 4.69) is 5.32 Å². The van der Waals surface area contributed by atoms with Crippen LogP contribution in [-0.4, -0.2) is 18.3 Å². The van der Waals surface area contributed by atoms with Crippen molar-refractivity contribution in [3.05, 3.63) is 53.6 Å². The van der Waals surface area contributed by atoms with Gasteiger partial charge in [-0.1, -0.05) is 24.3 Å². The second-order valence-electron chi connectivity index (χ2n) is 5.15. The summed E-state index contributed by atoms with van der Waals surface area (Å²) >= 11 is 1.60. The highest BCUT2D eigenvalue weighted by Crippen LogP contribution is 2.25. The van der Waals surface area contributed by atoms with Crippen LogP contribution in [0.5, 0.6) is 5.75 Å². The molecule has 1 amide bonds. The molecule has 0 saturated carbocycles. The number of carbonyl (C=O) groups excluding carboxylic acids is 1. The molecule has 2 aromatic carbocycles. The van der Waals surface area contributed by atoms with Gasteiger partial charge < -0.3 is 10.1 Å². The van der Waals surface area contributed by atoms with Crippen LogP contribution in [0.25, 0.3) is 0 Å². The van der Waals surface area contributed by atoms with E-state index in [1.54, 1.807) is 18.7 Å². The van der Waals surface area contributed by atoms with Gasteiger partial charge in [0.05, 0.1) is 5.69 Å². The number of nitrogens with one attached hydrogen (secondary N) is 1. The molecule has 4 heteroatoms. The molecule has 2 rings (SSSR count). The summed E-state index contributed by atoms with van der Waals surface area (Å²) in [4.78, 5) is 13.4. The SMILES string of the molecule is CSc1ccccc1NC(=O)[C@@H](C)Oc1cccc(C)c1C. The quantitative estimate of drug-likeness (QED) is 0.829. The van der Waals surface area contributed by atoms with Gasteiger partial charge in [-0.05, 0) is 56.4 Å². The van der Waals surface area contributed by atoms with Crippen molar-refractivity contribution < 1.29 is 9.53 Å². The van der Waals surface area contributed by atoms with E-state index in [1.165, 1.54) is 0 Å². The van der Waals surface area contributed by atoms with Crippen LogP contribution < -0.4 is 10.1 Å². The predicted octanol–water partition coefficient (Wildman–Crippen LogP) is 4.43. The number of aryl methyl sites for hydroxylation is 1. The first-order valence-corrected chi connectivity index (χ1v) is 8.42. The number of para-hydroxylation sites is 1. The zero-order valence-corrected chi connectivity index (χ0v) is 14.2. The summed E-state index contributed by atoms with van der Waals surface area (Å²) < 4.78 is 5.81. The fourth-order valence-corrected chi connectivity index (χ4v) is 2.63. The van der Waals surface area contributed by atoms with Crippen molar-refractivity contribution in [2.45, 2.75) is 31.8 Å². The Morgan fingerprint density at radius 1 is 1.14 bits per heavy atom. The van der Waals surface area contributed by atoms with Gasteiger partial charge in [0, 0.05) is 4.90 Å². The van der Waals surface area contributed by atoms with Crippen LogP contribution in [-0.2, 0) is 4.79 Å². The number of hydrogen-bond donors (Lipinski definition) is 1. The summed E-state index contributed by atoms with van der Waals surface area (Å²) in [6, 6.07) is 13.6. The molecule has 116 valence electrons. The topological polar surface area (TPSA) is 38.3 Å². The molecule has 3 nitrogen and oxygen atoms in total. The van der Waals surface area contributed by atoms with Gasteiger partial charge in [0.1, 0.15) is 5.75 Å². The van der Waals surface area contributed by atoms with Crippen molar-refractivity contribution >= 4 is 23.4 Å². The van der Waals surface area contributed by atoms with Crippen LogP contribution in [0.4, 0.5) is 5.69 Å². The maximum atomic E-state index is 12.3. The number of thioether (sulfide) groups is 1. The molecule has 0 aliphatic carbocycles. The number of rotatable bonds is 5. The lowest BCUT2D eigenvalue weighted by Crippen LogP contribution is -2.30. The molecule has 0 unspecified atom stereocenters. The molecule has 1 atom stereocenters. The zero-order chi connectivity index (χ0) is 16.1. The van der Waals surface area contributed by atoms with Crippen molar-refractivity contribution in [2.24, 2.45) is 0 Å². The third-order valence-electron chi connectivity index (χ3n) is 3.59. The molecule has 0 bridgehead atoms. The number of anilines is 1. The molecular weight excluding hydrogens is 294 g/mol. The Bertz CT molecular complexity index is 670. The molecule has 0 fully saturated rings. The fourth-order valence-electron chi connectivity index (χ4n) is 2.08. The maximum absolute atomic E-state index is 12.3. The van der Waals surface area contributed by atoms with Gasteiger partial charge in [0.25, 0.3) is 5.91 Å². The van der Waals surface area contributed by atoms with Gasteiger partial charge in [-0.3, -0.25) is 4.79 Å². The molecule has 0 aliphatic heterocycles. The first kappa shape index (κ1) is 16.4. The Hall–Kier alpha value is -1.94. The van der Waals surface area contributed by atoms with E-state index in [9.17, 15) is 4.79 Å². The van der Waals surface area contributed by atoms with Crippen molar-refractivity contribution in [3.8, 4) is 5.75 Å². The highest BCUT2D eigenvalue weighted by Gasteiger charge is 2.17. The minimum atomic E-state index is -0.560. The largest absolute Gasteiger partial charge is 0.481 e. The molecule has 0 radical (unpaired) electrons. The molecule has 0 aromatic heterocycles. The Morgan fingerprint density at radius 2 is 1.86 bits per heavy atom. The Labute approximate surface area is 136 Å². The third kappa shape index (κ3) is 3.83. The normalized spacial score (nSPS) is 11.8. The average Bonchev–Trinajstić information content (AvgIpc) is 2.52. The Morgan fingerprint density at radius 3 is 2.59 bits per heavy atom. The zero-order valence-electron chi connectivity index (χ0n) is 13.3. The van der Waals surface area contributed by atoms with E-state index in [-0.39, 0.29) is 5.91 Å². The second kappa shape index (κ2) is 7.36. The van der Waals surface area contributed by atoms with Crippen molar-refractivity contribution in [1.82, 2.24) is 0 Å². The number of ether oxygens (including phenoxy) is 1. The van der Waals surface area contributed by atoms with Crippen molar-refractivity contribution in [3.63, 3.8) is 0 Å². The van der Waals surface area contributed by atoms with Crippen LogP contribution in [0.3, 0.4) is 0 Å². The van der Waals surface area contributed by atoms with Gasteiger partial charge in [0.15, 0.2) is 6.10 Å². The molecule has 22 heavy (non-hydrogen) atoms. The first-order valence-electron chi connectivity index (χ1n) is 7.19. The third-order valence-corrected chi connectivity index (χ3v) is 4.39. The Kier molecular flexibility index (Phi) is 5.50. The smallest absolute Gasteiger partial charge is 0.265 e. The van der Waals surface area contributed by atoms with E-state index in [1.807, 2.05) is 62.6 Å². The van der Waals surface area contributed by atoms with Gasteiger partial charge in [-0.2, -0.15) is 0 Å². The van der Waals surface area contributed by atoms with E-state index < -0.39 is 6.10 Å². The van der Waals surface area contributed by atoms with Crippen LogP contribution in [0, 0.1) is 13.8 Å². The van der Waals surface area contributed by atoms with E-state index in [0.29, 0.717) is 0 Å². The lowest BCUT2D eigenvalue weighted by Gasteiger charge is -2.18. The summed E-state index contributed by atoms with van der Waals surface area (Å²) in [5, 5.41) is 2.93. The molecular formula is C18H21NO2S. The molecule has 0 heterocycles. The summed E-state index contributed by atoms with van der Waals surface area (Å²) in [5.41, 5.74) is 3.03. The number of carbonyl (C=O) groups is 1. The number of amides is 1. The highest BCUT2D eigenvalue weighted by molar-refractivity contribution is 7.98. The van der Waals surface area contributed by atoms with Crippen LogP contribution in [0.2, 0.25) is 0 Å². The van der Waals surface area contributed by atoms with Crippen LogP contribution in [0.1, 0.15) is 18.1 Å². The van der Waals surface area contributed by atoms with E-state index in [4.69, 9.17) is 4.74 Å². The number of benzene rings is 2. The maximum Gasteiger partial charge on any atom is 0.265 e. The number of hydrogen-bond acceptors (Lipinski definition) is 3. The van der Waals surface area contributed by atoms with Crippen LogP contribution >= 0.6 is 11.8 Å². The standard InChI is InChI=1S/C18H21NO2S/c1-12-8-7-10-16(13(12)2)21-14(3)18(20)19-15-9-5-6-11-17(15)22-4/h5-11,14H,1-4H3,(H,19,20)/t14-/m1/s1. The summed E-state index contributed by atoms with van der Waals surface area (Å²) in [5.74, 6) is 0.600. The lowest BCUT2D eigenvalue weighted by atomic mass is 10.1. The summed E-state index contributed by atoms with van der Waals surface area (Å²) in [6.45, 7) is 5.79. The molecule has 0 spiro atoms. The van der Waals surface area contributed by atoms with E-state index in [0.717, 1.165) is 27.5 Å². The molecule has 0 saturated heterocycles. The first-order chi connectivity index (χ1) is 10.5. The van der Waals surface area contributed by atoms with E-state index >= 15 is 0 Å². The minimum absolute atomic E-state index is 0.151.